The van der Waals surface area contributed by atoms with Crippen LogP contribution in [0.1, 0.15) is 48.9 Å². The molecule has 0 bridgehead atoms. The van der Waals surface area contributed by atoms with Crippen LogP contribution in [0.2, 0.25) is 0 Å². The Morgan fingerprint density at radius 1 is 1.18 bits per heavy atom. The third-order valence-corrected chi connectivity index (χ3v) is 6.94. The monoisotopic (exact) mass is 378 g/mol. The fraction of sp³-hybridized carbons (Fsp3) is 0.524. The van der Waals surface area contributed by atoms with Crippen LogP contribution in [0.25, 0.3) is 0 Å². The molecule has 1 saturated carbocycles. The van der Waals surface area contributed by atoms with Crippen molar-refractivity contribution in [1.82, 2.24) is 14.5 Å². The van der Waals surface area contributed by atoms with Crippen molar-refractivity contribution < 1.29 is 0 Å². The lowest BCUT2D eigenvalue weighted by molar-refractivity contribution is 0.196. The summed E-state index contributed by atoms with van der Waals surface area (Å²) >= 11 is 0. The van der Waals surface area contributed by atoms with E-state index in [2.05, 4.69) is 14.9 Å². The van der Waals surface area contributed by atoms with Gasteiger partial charge in [-0.2, -0.15) is 0 Å². The first-order valence-corrected chi connectivity index (χ1v) is 10.1. The van der Waals surface area contributed by atoms with Gasteiger partial charge in [-0.25, -0.2) is 4.98 Å². The Balaban J connectivity index is 1.45. The first-order chi connectivity index (χ1) is 13.6. The van der Waals surface area contributed by atoms with E-state index in [9.17, 15) is 4.79 Å². The summed E-state index contributed by atoms with van der Waals surface area (Å²) in [4.78, 5) is 29.0. The Morgan fingerprint density at radius 2 is 1.93 bits per heavy atom. The number of nitrogens with zero attached hydrogens (tertiary/aromatic N) is 5. The molecule has 2 N–H and O–H groups in total. The summed E-state index contributed by atoms with van der Waals surface area (Å²) in [6.07, 6.45) is 9.23. The summed E-state index contributed by atoms with van der Waals surface area (Å²) in [5.41, 5.74) is 9.74. The van der Waals surface area contributed by atoms with E-state index in [4.69, 9.17) is 10.7 Å². The van der Waals surface area contributed by atoms with Gasteiger partial charge in [0.25, 0.3) is 5.56 Å². The average molecular weight is 378 g/mol. The van der Waals surface area contributed by atoms with E-state index < -0.39 is 0 Å². The first-order valence-electron chi connectivity index (χ1n) is 10.1. The molecule has 28 heavy (non-hydrogen) atoms. The van der Waals surface area contributed by atoms with Crippen LogP contribution in [0.5, 0.6) is 0 Å². The number of nitrogens with two attached hydrogens (primary N) is 1. The molecule has 0 aromatic carbocycles. The molecule has 0 unspecified atom stereocenters. The van der Waals surface area contributed by atoms with Crippen LogP contribution >= 0.6 is 0 Å². The van der Waals surface area contributed by atoms with Crippen molar-refractivity contribution >= 4 is 11.7 Å². The number of aromatic nitrogens is 3. The number of pyridine rings is 1. The van der Waals surface area contributed by atoms with Crippen molar-refractivity contribution in [3.63, 3.8) is 0 Å². The van der Waals surface area contributed by atoms with Gasteiger partial charge in [-0.15, -0.1) is 0 Å². The van der Waals surface area contributed by atoms with Crippen molar-refractivity contribution in [3.05, 3.63) is 51.7 Å². The van der Waals surface area contributed by atoms with Gasteiger partial charge in [-0.05, 0) is 43.2 Å². The molecule has 5 rings (SSSR count). The van der Waals surface area contributed by atoms with Crippen molar-refractivity contribution in [3.8, 4) is 0 Å². The molecule has 0 radical (unpaired) electrons. The molecule has 1 spiro atoms. The predicted molar refractivity (Wildman–Crippen MR) is 109 cm³/mol. The maximum atomic E-state index is 13.2. The van der Waals surface area contributed by atoms with Gasteiger partial charge in [-0.3, -0.25) is 19.3 Å². The predicted octanol–water partition coefficient (Wildman–Crippen LogP) is 1.62. The van der Waals surface area contributed by atoms with Crippen molar-refractivity contribution in [2.75, 3.05) is 18.0 Å². The molecule has 0 amide bonds. The quantitative estimate of drug-likeness (QED) is 0.858. The minimum Gasteiger partial charge on any atom is -0.342 e. The van der Waals surface area contributed by atoms with E-state index in [1.807, 2.05) is 19.2 Å². The summed E-state index contributed by atoms with van der Waals surface area (Å²) in [6.45, 7) is 2.27. The van der Waals surface area contributed by atoms with E-state index in [0.717, 1.165) is 55.3 Å². The summed E-state index contributed by atoms with van der Waals surface area (Å²) in [5, 5.41) is 0. The van der Waals surface area contributed by atoms with Crippen LogP contribution in [-0.4, -0.2) is 39.4 Å². The first kappa shape index (κ1) is 17.6. The van der Waals surface area contributed by atoms with Crippen LogP contribution in [0.3, 0.4) is 0 Å². The Bertz CT molecular complexity index is 988. The minimum absolute atomic E-state index is 0.0223. The van der Waals surface area contributed by atoms with Gasteiger partial charge in [0, 0.05) is 44.1 Å². The zero-order valence-corrected chi connectivity index (χ0v) is 16.3. The number of fused-ring (bicyclic) bond motifs is 1. The summed E-state index contributed by atoms with van der Waals surface area (Å²) in [6, 6.07) is 4.09. The van der Waals surface area contributed by atoms with Gasteiger partial charge < -0.3 is 10.6 Å². The maximum Gasteiger partial charge on any atom is 0.264 e. The molecule has 7 nitrogen and oxygen atoms in total. The van der Waals surface area contributed by atoms with Gasteiger partial charge in [0.05, 0.1) is 23.5 Å². The highest BCUT2D eigenvalue weighted by Crippen LogP contribution is 2.45. The maximum absolute atomic E-state index is 13.2. The molecular formula is C21H26N6O. The third kappa shape index (κ3) is 2.60. The van der Waals surface area contributed by atoms with E-state index >= 15 is 0 Å². The highest BCUT2D eigenvalue weighted by Gasteiger charge is 2.43. The van der Waals surface area contributed by atoms with E-state index in [-0.39, 0.29) is 5.56 Å². The zero-order valence-electron chi connectivity index (χ0n) is 16.3. The average Bonchev–Trinajstić information content (AvgIpc) is 3.30. The Morgan fingerprint density at radius 3 is 2.61 bits per heavy atom. The molecule has 2 aliphatic heterocycles. The molecule has 4 heterocycles. The molecule has 146 valence electrons. The number of anilines is 1. The molecule has 7 heteroatoms. The Kier molecular flexibility index (Phi) is 4.08. The molecule has 3 aliphatic rings. The fourth-order valence-electron chi connectivity index (χ4n) is 5.19. The zero-order chi connectivity index (χ0) is 19.3. The summed E-state index contributed by atoms with van der Waals surface area (Å²) < 4.78 is 1.69. The van der Waals surface area contributed by atoms with Crippen molar-refractivity contribution in [2.24, 2.45) is 23.2 Å². The smallest absolute Gasteiger partial charge is 0.264 e. The highest BCUT2D eigenvalue weighted by molar-refractivity contribution is 6.14. The molecular weight excluding hydrogens is 352 g/mol. The second-order valence-electron chi connectivity index (χ2n) is 8.35. The standard InChI is InChI=1S/C21H26N6O/c1-26-19(28)17-15(13-24-18(17)14-4-9-23-10-5-14)25-20(26)27-11-7-21(8-12-27)6-2-3-16(21)22/h4-5,9-10,16H,2-3,6-8,11-13,22H2,1H3/t16-/m1/s1. The molecule has 2 fully saturated rings. The Hall–Kier alpha value is -2.54. The third-order valence-electron chi connectivity index (χ3n) is 6.94. The lowest BCUT2D eigenvalue weighted by atomic mass is 9.74. The van der Waals surface area contributed by atoms with E-state index in [0.29, 0.717) is 23.6 Å². The highest BCUT2D eigenvalue weighted by atomic mass is 16.1. The van der Waals surface area contributed by atoms with Crippen molar-refractivity contribution in [2.45, 2.75) is 44.7 Å². The lowest BCUT2D eigenvalue weighted by Crippen LogP contribution is -2.48. The van der Waals surface area contributed by atoms with Gasteiger partial charge >= 0.3 is 0 Å². The fourth-order valence-corrected chi connectivity index (χ4v) is 5.19. The van der Waals surface area contributed by atoms with E-state index in [1.165, 1.54) is 12.8 Å². The summed E-state index contributed by atoms with van der Waals surface area (Å²) in [5.74, 6) is 0.761. The minimum atomic E-state index is -0.0223. The molecule has 1 aliphatic carbocycles. The number of aliphatic imine (C=N–C) groups is 1. The number of hydrogen-bond donors (Lipinski definition) is 1. The van der Waals surface area contributed by atoms with Crippen LogP contribution < -0.4 is 16.2 Å². The summed E-state index contributed by atoms with van der Waals surface area (Å²) in [7, 11) is 1.82. The van der Waals surface area contributed by atoms with Crippen LogP contribution in [0.15, 0.2) is 34.3 Å². The Labute approximate surface area is 164 Å². The van der Waals surface area contributed by atoms with E-state index in [1.54, 1.807) is 17.0 Å². The lowest BCUT2D eigenvalue weighted by Gasteiger charge is -2.42. The van der Waals surface area contributed by atoms with Crippen LogP contribution in [0, 0.1) is 5.41 Å². The van der Waals surface area contributed by atoms with Crippen LogP contribution in [0.4, 0.5) is 5.95 Å². The van der Waals surface area contributed by atoms with Gasteiger partial charge in [0.1, 0.15) is 0 Å². The van der Waals surface area contributed by atoms with Gasteiger partial charge in [0.15, 0.2) is 0 Å². The topological polar surface area (TPSA) is 89.4 Å². The molecule has 2 aromatic rings. The van der Waals surface area contributed by atoms with Gasteiger partial charge in [0.2, 0.25) is 5.95 Å². The van der Waals surface area contributed by atoms with Gasteiger partial charge in [-0.1, -0.05) is 6.42 Å². The molecule has 1 saturated heterocycles. The van der Waals surface area contributed by atoms with Crippen LogP contribution in [-0.2, 0) is 13.6 Å². The second-order valence-corrected chi connectivity index (χ2v) is 8.35. The number of rotatable bonds is 2. The largest absolute Gasteiger partial charge is 0.342 e. The second kappa shape index (κ2) is 6.51. The number of piperidine rings is 1. The molecule has 2 aromatic heterocycles. The normalized spacial score (nSPS) is 23.1. The SMILES string of the molecule is Cn1c(N2CCC3(CCC[C@H]3N)CC2)nc2c(c1=O)C(c1ccncc1)=NC2. The van der Waals surface area contributed by atoms with Crippen molar-refractivity contribution in [1.29, 1.82) is 0 Å². The molecule has 1 atom stereocenters. The number of hydrogen-bond acceptors (Lipinski definition) is 6.